The van der Waals surface area contributed by atoms with Gasteiger partial charge in [0.1, 0.15) is 5.82 Å². The molecule has 1 aliphatic rings. The average Bonchev–Trinajstić information content (AvgIpc) is 2.82. The first kappa shape index (κ1) is 12.0. The molecule has 0 spiro atoms. The number of rotatable bonds is 3. The van der Waals surface area contributed by atoms with E-state index in [4.69, 9.17) is 0 Å². The van der Waals surface area contributed by atoms with Crippen molar-refractivity contribution in [1.82, 2.24) is 9.78 Å². The number of aryl methyl sites for hydroxylation is 1. The highest BCUT2D eigenvalue weighted by Gasteiger charge is 2.13. The third-order valence-electron chi connectivity index (χ3n) is 3.45. The highest BCUT2D eigenvalue weighted by Crippen LogP contribution is 2.21. The molecule has 3 rings (SSSR count). The summed E-state index contributed by atoms with van der Waals surface area (Å²) in [6, 6.07) is 12.9. The number of aromatic nitrogens is 2. The Kier molecular flexibility index (Phi) is 3.36. The first-order valence-corrected chi connectivity index (χ1v) is 6.86. The molecule has 1 unspecified atom stereocenters. The molecule has 1 N–H and O–H groups in total. The van der Waals surface area contributed by atoms with Crippen LogP contribution in [0.2, 0.25) is 0 Å². The van der Waals surface area contributed by atoms with Gasteiger partial charge in [-0.1, -0.05) is 30.4 Å². The van der Waals surface area contributed by atoms with Crippen LogP contribution in [0.15, 0.2) is 48.6 Å². The SMILES string of the molecule is Cc1cc(NC2CC=CCC2)n(-c2ccccc2)n1. The summed E-state index contributed by atoms with van der Waals surface area (Å²) < 4.78 is 1.99. The zero-order chi connectivity index (χ0) is 13.1. The lowest BCUT2D eigenvalue weighted by atomic mass is 10.0. The number of allylic oxidation sites excluding steroid dienone is 1. The maximum absolute atomic E-state index is 4.58. The summed E-state index contributed by atoms with van der Waals surface area (Å²) in [6.07, 6.45) is 7.97. The summed E-state index contributed by atoms with van der Waals surface area (Å²) in [4.78, 5) is 0. The van der Waals surface area contributed by atoms with E-state index in [1.807, 2.05) is 29.8 Å². The zero-order valence-electron chi connectivity index (χ0n) is 11.2. The molecule has 0 saturated heterocycles. The lowest BCUT2D eigenvalue weighted by Gasteiger charge is -2.21. The molecule has 1 aliphatic carbocycles. The molecule has 0 radical (unpaired) electrons. The first-order chi connectivity index (χ1) is 9.33. The van der Waals surface area contributed by atoms with E-state index in [1.54, 1.807) is 0 Å². The molecule has 1 aromatic heterocycles. The largest absolute Gasteiger partial charge is 0.367 e. The van der Waals surface area contributed by atoms with Gasteiger partial charge >= 0.3 is 0 Å². The fourth-order valence-corrected chi connectivity index (χ4v) is 2.50. The summed E-state index contributed by atoms with van der Waals surface area (Å²) in [5.41, 5.74) is 2.14. The van der Waals surface area contributed by atoms with E-state index in [0.717, 1.165) is 30.0 Å². The molecule has 0 aliphatic heterocycles. The minimum absolute atomic E-state index is 0.517. The van der Waals surface area contributed by atoms with E-state index in [9.17, 15) is 0 Å². The molecule has 2 aromatic rings. The number of hydrogen-bond donors (Lipinski definition) is 1. The molecular formula is C16H19N3. The Balaban J connectivity index is 1.87. The number of para-hydroxylation sites is 1. The molecule has 1 atom stereocenters. The third kappa shape index (κ3) is 2.70. The molecule has 0 saturated carbocycles. The second-order valence-electron chi connectivity index (χ2n) is 5.04. The minimum atomic E-state index is 0.517. The average molecular weight is 253 g/mol. The van der Waals surface area contributed by atoms with Crippen molar-refractivity contribution in [2.24, 2.45) is 0 Å². The van der Waals surface area contributed by atoms with Gasteiger partial charge in [-0.3, -0.25) is 0 Å². The van der Waals surface area contributed by atoms with Gasteiger partial charge in [-0.15, -0.1) is 0 Å². The van der Waals surface area contributed by atoms with Gasteiger partial charge in [-0.2, -0.15) is 5.10 Å². The summed E-state index contributed by atoms with van der Waals surface area (Å²) in [5, 5.41) is 8.20. The second-order valence-corrected chi connectivity index (χ2v) is 5.04. The molecule has 0 bridgehead atoms. The molecule has 1 heterocycles. The van der Waals surface area contributed by atoms with Crippen LogP contribution in [0, 0.1) is 6.92 Å². The van der Waals surface area contributed by atoms with Gasteiger partial charge in [0, 0.05) is 12.1 Å². The lowest BCUT2D eigenvalue weighted by Crippen LogP contribution is -2.22. The standard InChI is InChI=1S/C16H19N3/c1-13-12-16(17-14-8-4-2-5-9-14)19(18-13)15-10-6-3-7-11-15/h2-4,6-7,10-12,14,17H,5,8-9H2,1H3. The quantitative estimate of drug-likeness (QED) is 0.845. The van der Waals surface area contributed by atoms with Gasteiger partial charge in [0.25, 0.3) is 0 Å². The Morgan fingerprint density at radius 2 is 2.05 bits per heavy atom. The Labute approximate surface area is 114 Å². The van der Waals surface area contributed by atoms with E-state index in [-0.39, 0.29) is 0 Å². The van der Waals surface area contributed by atoms with Crippen molar-refractivity contribution in [1.29, 1.82) is 0 Å². The van der Waals surface area contributed by atoms with Crippen LogP contribution in [0.25, 0.3) is 5.69 Å². The molecule has 3 heteroatoms. The first-order valence-electron chi connectivity index (χ1n) is 6.86. The fourth-order valence-electron chi connectivity index (χ4n) is 2.50. The molecule has 0 fully saturated rings. The summed E-state index contributed by atoms with van der Waals surface area (Å²) in [5.74, 6) is 1.09. The van der Waals surface area contributed by atoms with E-state index >= 15 is 0 Å². The summed E-state index contributed by atoms with van der Waals surface area (Å²) >= 11 is 0. The number of hydrogen-bond acceptors (Lipinski definition) is 2. The van der Waals surface area contributed by atoms with E-state index in [1.165, 1.54) is 6.42 Å². The Bertz CT molecular complexity index is 569. The van der Waals surface area contributed by atoms with Crippen molar-refractivity contribution in [3.05, 3.63) is 54.2 Å². The van der Waals surface area contributed by atoms with Crippen molar-refractivity contribution in [2.45, 2.75) is 32.2 Å². The maximum Gasteiger partial charge on any atom is 0.130 e. The van der Waals surface area contributed by atoms with Crippen LogP contribution < -0.4 is 5.32 Å². The van der Waals surface area contributed by atoms with E-state index < -0.39 is 0 Å². The Morgan fingerprint density at radius 3 is 2.79 bits per heavy atom. The topological polar surface area (TPSA) is 29.9 Å². The highest BCUT2D eigenvalue weighted by molar-refractivity contribution is 5.46. The van der Waals surface area contributed by atoms with Gasteiger partial charge in [0.2, 0.25) is 0 Å². The Hall–Kier alpha value is -2.03. The molecule has 1 aromatic carbocycles. The smallest absolute Gasteiger partial charge is 0.130 e. The summed E-state index contributed by atoms with van der Waals surface area (Å²) in [6.45, 7) is 2.03. The van der Waals surface area contributed by atoms with Crippen molar-refractivity contribution in [3.8, 4) is 5.69 Å². The van der Waals surface area contributed by atoms with Gasteiger partial charge in [0.05, 0.1) is 11.4 Å². The van der Waals surface area contributed by atoms with Crippen molar-refractivity contribution in [3.63, 3.8) is 0 Å². The highest BCUT2D eigenvalue weighted by atomic mass is 15.3. The van der Waals surface area contributed by atoms with E-state index in [2.05, 4.69) is 40.8 Å². The number of nitrogens with zero attached hydrogens (tertiary/aromatic N) is 2. The lowest BCUT2D eigenvalue weighted by molar-refractivity contribution is 0.637. The number of anilines is 1. The van der Waals surface area contributed by atoms with Crippen molar-refractivity contribution in [2.75, 3.05) is 5.32 Å². The predicted molar refractivity (Wildman–Crippen MR) is 78.7 cm³/mol. The minimum Gasteiger partial charge on any atom is -0.367 e. The van der Waals surface area contributed by atoms with Crippen LogP contribution in [0.3, 0.4) is 0 Å². The summed E-state index contributed by atoms with van der Waals surface area (Å²) in [7, 11) is 0. The van der Waals surface area contributed by atoms with Crippen molar-refractivity contribution >= 4 is 5.82 Å². The van der Waals surface area contributed by atoms with Crippen LogP contribution in [0.1, 0.15) is 25.0 Å². The monoisotopic (exact) mass is 253 g/mol. The molecular weight excluding hydrogens is 234 g/mol. The molecule has 0 amide bonds. The van der Waals surface area contributed by atoms with Gasteiger partial charge in [-0.05, 0) is 38.3 Å². The van der Waals surface area contributed by atoms with Crippen LogP contribution >= 0.6 is 0 Å². The van der Waals surface area contributed by atoms with Crippen LogP contribution in [-0.4, -0.2) is 15.8 Å². The second kappa shape index (κ2) is 5.31. The zero-order valence-corrected chi connectivity index (χ0v) is 11.2. The third-order valence-corrected chi connectivity index (χ3v) is 3.45. The number of nitrogens with one attached hydrogen (secondary N) is 1. The normalized spacial score (nSPS) is 18.5. The van der Waals surface area contributed by atoms with Crippen LogP contribution in [-0.2, 0) is 0 Å². The molecule has 3 nitrogen and oxygen atoms in total. The predicted octanol–water partition coefficient (Wildman–Crippen LogP) is 3.70. The van der Waals surface area contributed by atoms with Gasteiger partial charge in [-0.25, -0.2) is 4.68 Å². The Morgan fingerprint density at radius 1 is 1.21 bits per heavy atom. The van der Waals surface area contributed by atoms with Crippen LogP contribution in [0.4, 0.5) is 5.82 Å². The van der Waals surface area contributed by atoms with Gasteiger partial charge < -0.3 is 5.32 Å². The van der Waals surface area contributed by atoms with E-state index in [0.29, 0.717) is 6.04 Å². The molecule has 19 heavy (non-hydrogen) atoms. The van der Waals surface area contributed by atoms with Gasteiger partial charge in [0.15, 0.2) is 0 Å². The number of benzene rings is 1. The van der Waals surface area contributed by atoms with Crippen LogP contribution in [0.5, 0.6) is 0 Å². The maximum atomic E-state index is 4.58. The molecule has 98 valence electrons. The fraction of sp³-hybridized carbons (Fsp3) is 0.312. The van der Waals surface area contributed by atoms with Crippen molar-refractivity contribution < 1.29 is 0 Å².